The van der Waals surface area contributed by atoms with Gasteiger partial charge in [-0.2, -0.15) is 0 Å². The monoisotopic (exact) mass is 376 g/mol. The lowest BCUT2D eigenvalue weighted by Gasteiger charge is -2.06. The van der Waals surface area contributed by atoms with Gasteiger partial charge in [-0.1, -0.05) is 59.9 Å². The van der Waals surface area contributed by atoms with Crippen LogP contribution < -0.4 is 0 Å². The number of rotatable bonds is 5. The normalized spacial score (nSPS) is 10.7. The lowest BCUT2D eigenvalue weighted by Crippen LogP contribution is -1.83. The minimum atomic E-state index is 1.06. The molecule has 2 aromatic heterocycles. The molecule has 0 N–H and O–H groups in total. The molecule has 0 aliphatic carbocycles. The van der Waals surface area contributed by atoms with Crippen LogP contribution in [0.2, 0.25) is 0 Å². The highest BCUT2D eigenvalue weighted by atomic mass is 32.2. The fourth-order valence-electron chi connectivity index (χ4n) is 2.36. The van der Waals surface area contributed by atoms with E-state index in [9.17, 15) is 0 Å². The Labute approximate surface area is 160 Å². The molecule has 2 aromatic carbocycles. The summed E-state index contributed by atoms with van der Waals surface area (Å²) in [5, 5.41) is 2.19. The molecule has 0 saturated heterocycles. The van der Waals surface area contributed by atoms with Crippen LogP contribution in [-0.4, -0.2) is 4.98 Å². The molecule has 0 aliphatic rings. The van der Waals surface area contributed by atoms with Crippen LogP contribution in [0.4, 0.5) is 0 Å². The third-order valence-electron chi connectivity index (χ3n) is 3.52. The topological polar surface area (TPSA) is 12.9 Å². The summed E-state index contributed by atoms with van der Waals surface area (Å²) >= 11 is 5.30. The minimum absolute atomic E-state index is 1.06. The minimum Gasteiger partial charge on any atom is -0.254 e. The molecule has 0 aliphatic heterocycles. The summed E-state index contributed by atoms with van der Waals surface area (Å²) in [6, 6.07) is 25.2. The molecule has 1 nitrogen and oxygen atoms in total. The lowest BCUT2D eigenvalue weighted by atomic mass is 10.1. The molecule has 1 radical (unpaired) electrons. The third kappa shape index (κ3) is 4.15. The fourth-order valence-corrected chi connectivity index (χ4v) is 5.26. The first-order valence-corrected chi connectivity index (χ1v) is 10.3. The van der Waals surface area contributed by atoms with Crippen molar-refractivity contribution in [2.45, 2.75) is 18.9 Å². The maximum Gasteiger partial charge on any atom is 0.0982 e. The van der Waals surface area contributed by atoms with Crippen LogP contribution in [0, 0.1) is 6.20 Å². The Bertz CT molecular complexity index is 949. The van der Waals surface area contributed by atoms with E-state index in [1.165, 1.54) is 24.5 Å². The molecule has 25 heavy (non-hydrogen) atoms. The summed E-state index contributed by atoms with van der Waals surface area (Å²) in [5.74, 6) is 0. The SMILES string of the molecule is [c]1nccc(Sc2ccccc2)c1-c1csc(Sc2ccccc2)c1. The average Bonchev–Trinajstić information content (AvgIpc) is 3.12. The second-order valence-corrected chi connectivity index (χ2v) is 8.68. The Kier molecular flexibility index (Phi) is 5.21. The van der Waals surface area contributed by atoms with Crippen LogP contribution in [-0.2, 0) is 0 Å². The summed E-state index contributed by atoms with van der Waals surface area (Å²) in [7, 11) is 0. The molecule has 0 atom stereocenters. The Morgan fingerprint density at radius 1 is 0.800 bits per heavy atom. The van der Waals surface area contributed by atoms with Gasteiger partial charge in [0.05, 0.1) is 10.4 Å². The Morgan fingerprint density at radius 2 is 1.48 bits per heavy atom. The first-order chi connectivity index (χ1) is 12.4. The number of aromatic nitrogens is 1. The van der Waals surface area contributed by atoms with Gasteiger partial charge in [0.2, 0.25) is 0 Å². The molecule has 4 rings (SSSR count). The van der Waals surface area contributed by atoms with Crippen LogP contribution in [0.1, 0.15) is 0 Å². The maximum absolute atomic E-state index is 4.22. The number of hydrogen-bond acceptors (Lipinski definition) is 4. The molecular weight excluding hydrogens is 362 g/mol. The highest BCUT2D eigenvalue weighted by Crippen LogP contribution is 2.40. The molecule has 0 spiro atoms. The molecule has 4 aromatic rings. The molecule has 2 heterocycles. The second-order valence-electron chi connectivity index (χ2n) is 5.28. The summed E-state index contributed by atoms with van der Waals surface area (Å²) in [6.45, 7) is 0. The summed E-state index contributed by atoms with van der Waals surface area (Å²) in [5.41, 5.74) is 2.24. The third-order valence-corrected chi connectivity index (χ3v) is 6.68. The van der Waals surface area contributed by atoms with Gasteiger partial charge >= 0.3 is 0 Å². The van der Waals surface area contributed by atoms with Gasteiger partial charge in [0, 0.05) is 26.4 Å². The smallest absolute Gasteiger partial charge is 0.0982 e. The summed E-state index contributed by atoms with van der Waals surface area (Å²) < 4.78 is 1.27. The van der Waals surface area contributed by atoms with Crippen molar-refractivity contribution in [3.63, 3.8) is 0 Å². The van der Waals surface area contributed by atoms with Gasteiger partial charge in [0.15, 0.2) is 0 Å². The van der Waals surface area contributed by atoms with Crippen molar-refractivity contribution in [1.29, 1.82) is 0 Å². The van der Waals surface area contributed by atoms with Crippen LogP contribution in [0.3, 0.4) is 0 Å². The highest BCUT2D eigenvalue weighted by Gasteiger charge is 2.10. The van der Waals surface area contributed by atoms with Gasteiger partial charge in [-0.05, 0) is 47.3 Å². The van der Waals surface area contributed by atoms with Gasteiger partial charge < -0.3 is 0 Å². The molecule has 0 bridgehead atoms. The Morgan fingerprint density at radius 3 is 2.20 bits per heavy atom. The van der Waals surface area contributed by atoms with E-state index in [4.69, 9.17) is 0 Å². The van der Waals surface area contributed by atoms with E-state index in [1.807, 2.05) is 12.1 Å². The van der Waals surface area contributed by atoms with Crippen molar-refractivity contribution in [3.8, 4) is 11.1 Å². The van der Waals surface area contributed by atoms with Crippen LogP contribution in [0.25, 0.3) is 11.1 Å². The van der Waals surface area contributed by atoms with Gasteiger partial charge in [0.25, 0.3) is 0 Å². The highest BCUT2D eigenvalue weighted by molar-refractivity contribution is 8.01. The average molecular weight is 377 g/mol. The molecule has 0 amide bonds. The van der Waals surface area contributed by atoms with Gasteiger partial charge in [-0.15, -0.1) is 11.3 Å². The zero-order valence-electron chi connectivity index (χ0n) is 13.3. The van der Waals surface area contributed by atoms with Crippen LogP contribution in [0.5, 0.6) is 0 Å². The van der Waals surface area contributed by atoms with Crippen molar-refractivity contribution in [3.05, 3.63) is 90.6 Å². The number of benzene rings is 2. The largest absolute Gasteiger partial charge is 0.254 e. The first-order valence-electron chi connectivity index (χ1n) is 7.80. The molecule has 0 fully saturated rings. The van der Waals surface area contributed by atoms with E-state index in [-0.39, 0.29) is 0 Å². The molecule has 0 unspecified atom stereocenters. The van der Waals surface area contributed by atoms with E-state index in [1.54, 1.807) is 41.1 Å². The predicted octanol–water partition coefficient (Wildman–Crippen LogP) is 6.91. The van der Waals surface area contributed by atoms with E-state index in [2.05, 4.69) is 77.2 Å². The molecule has 4 heteroatoms. The standard InChI is InChI=1S/C21H14NS3/c1-3-7-17(8-4-1)24-20-11-12-22-14-19(20)16-13-21(23-15-16)25-18-9-5-2-6-10-18/h1-13,15H. The Balaban J connectivity index is 1.60. The van der Waals surface area contributed by atoms with E-state index >= 15 is 0 Å². The second kappa shape index (κ2) is 7.91. The number of pyridine rings is 1. The van der Waals surface area contributed by atoms with Crippen molar-refractivity contribution in [1.82, 2.24) is 4.98 Å². The van der Waals surface area contributed by atoms with Crippen LogP contribution in [0.15, 0.2) is 103 Å². The predicted molar refractivity (Wildman–Crippen MR) is 108 cm³/mol. The van der Waals surface area contributed by atoms with E-state index in [0.717, 1.165) is 5.56 Å². The van der Waals surface area contributed by atoms with Crippen LogP contribution >= 0.6 is 34.9 Å². The molecule has 121 valence electrons. The summed E-state index contributed by atoms with van der Waals surface area (Å²) in [6.07, 6.45) is 4.98. The maximum atomic E-state index is 4.22. The number of thiophene rings is 1. The van der Waals surface area contributed by atoms with E-state index < -0.39 is 0 Å². The van der Waals surface area contributed by atoms with E-state index in [0.29, 0.717) is 0 Å². The lowest BCUT2D eigenvalue weighted by molar-refractivity contribution is 1.25. The number of hydrogen-bond donors (Lipinski definition) is 0. The van der Waals surface area contributed by atoms with Crippen molar-refractivity contribution >= 4 is 34.9 Å². The zero-order valence-corrected chi connectivity index (χ0v) is 15.7. The van der Waals surface area contributed by atoms with Crippen molar-refractivity contribution in [2.24, 2.45) is 0 Å². The summed E-state index contributed by atoms with van der Waals surface area (Å²) in [4.78, 5) is 7.87. The van der Waals surface area contributed by atoms with Gasteiger partial charge in [-0.25, -0.2) is 0 Å². The van der Waals surface area contributed by atoms with Crippen molar-refractivity contribution in [2.75, 3.05) is 0 Å². The quantitative estimate of drug-likeness (QED) is 0.375. The molecular formula is C21H14NS3. The first kappa shape index (κ1) is 16.5. The Hall–Kier alpha value is -2.01. The molecule has 0 saturated carbocycles. The van der Waals surface area contributed by atoms with Gasteiger partial charge in [0.1, 0.15) is 0 Å². The zero-order chi connectivity index (χ0) is 16.9. The fraction of sp³-hybridized carbons (Fsp3) is 0. The van der Waals surface area contributed by atoms with Gasteiger partial charge in [-0.3, -0.25) is 4.98 Å². The number of nitrogens with zero attached hydrogens (tertiary/aromatic N) is 1. The van der Waals surface area contributed by atoms with Crippen molar-refractivity contribution < 1.29 is 0 Å².